The van der Waals surface area contributed by atoms with Gasteiger partial charge in [-0.2, -0.15) is 0 Å². The first-order valence-electron chi connectivity index (χ1n) is 9.26. The average Bonchev–Trinajstić information content (AvgIpc) is 2.75. The third-order valence-electron chi connectivity index (χ3n) is 4.27. The molecule has 0 aromatic heterocycles. The number of nitrogens with one attached hydrogen (secondary N) is 1. The number of unbranched alkanes of at least 4 members (excludes halogenated alkanes) is 1. The summed E-state index contributed by atoms with van der Waals surface area (Å²) in [6.07, 6.45) is 1.30. The molecule has 0 saturated heterocycles. The topological polar surface area (TPSA) is 105 Å². The van der Waals surface area contributed by atoms with Gasteiger partial charge < -0.3 is 25.0 Å². The molecule has 0 radical (unpaired) electrons. The predicted octanol–water partition coefficient (Wildman–Crippen LogP) is 3.36. The minimum absolute atomic E-state index is 0.0273. The molecule has 162 valence electrons. The standard InChI is InChI=1S/C21H23Cl2NO6/c1-29-21(28)16(11-13-7-3-2-4-8-13)24-20(27)14-12-15(22)19(17(23)18(14)26)30-10-6-5-9-25/h2-4,7-8,12,16,25-26H,5-6,9-11H2,1H3,(H,24,27)/t16-/m0/s1. The molecule has 0 saturated carbocycles. The Hall–Kier alpha value is -2.48. The number of esters is 1. The van der Waals surface area contributed by atoms with Crippen LogP contribution < -0.4 is 10.1 Å². The third-order valence-corrected chi connectivity index (χ3v) is 4.90. The van der Waals surface area contributed by atoms with Crippen molar-refractivity contribution in [1.82, 2.24) is 5.32 Å². The van der Waals surface area contributed by atoms with E-state index in [4.69, 9.17) is 37.8 Å². The summed E-state index contributed by atoms with van der Waals surface area (Å²) in [5.41, 5.74) is 0.620. The normalized spacial score (nSPS) is 11.6. The number of rotatable bonds is 10. The number of hydrogen-bond acceptors (Lipinski definition) is 6. The van der Waals surface area contributed by atoms with E-state index in [2.05, 4.69) is 5.32 Å². The average molecular weight is 456 g/mol. The molecule has 3 N–H and O–H groups in total. The highest BCUT2D eigenvalue weighted by molar-refractivity contribution is 6.39. The lowest BCUT2D eigenvalue weighted by atomic mass is 10.1. The predicted molar refractivity (Wildman–Crippen MR) is 113 cm³/mol. The summed E-state index contributed by atoms with van der Waals surface area (Å²) in [4.78, 5) is 24.9. The molecule has 2 aromatic carbocycles. The monoisotopic (exact) mass is 455 g/mol. The number of phenols is 1. The van der Waals surface area contributed by atoms with Gasteiger partial charge in [-0.15, -0.1) is 0 Å². The van der Waals surface area contributed by atoms with Crippen molar-refractivity contribution in [2.24, 2.45) is 0 Å². The Labute approximate surface area is 184 Å². The molecule has 2 aromatic rings. The van der Waals surface area contributed by atoms with Crippen LogP contribution in [0.2, 0.25) is 10.0 Å². The van der Waals surface area contributed by atoms with Gasteiger partial charge in [0, 0.05) is 13.0 Å². The number of ether oxygens (including phenoxy) is 2. The summed E-state index contributed by atoms with van der Waals surface area (Å²) in [5.74, 6) is -1.85. The number of aromatic hydroxyl groups is 1. The Balaban J connectivity index is 2.20. The van der Waals surface area contributed by atoms with Crippen LogP contribution in [0, 0.1) is 0 Å². The maximum absolute atomic E-state index is 12.7. The minimum atomic E-state index is -0.976. The van der Waals surface area contributed by atoms with Crippen molar-refractivity contribution < 1.29 is 29.3 Å². The Morgan fingerprint density at radius 3 is 2.50 bits per heavy atom. The van der Waals surface area contributed by atoms with Crippen LogP contribution in [-0.4, -0.2) is 48.5 Å². The van der Waals surface area contributed by atoms with Crippen LogP contribution in [0.3, 0.4) is 0 Å². The van der Waals surface area contributed by atoms with Crippen molar-refractivity contribution in [2.45, 2.75) is 25.3 Å². The molecule has 9 heteroatoms. The quantitative estimate of drug-likeness (QED) is 0.374. The SMILES string of the molecule is COC(=O)[C@H](Cc1ccccc1)NC(=O)c1cc(Cl)c(OCCCCO)c(Cl)c1O. The van der Waals surface area contributed by atoms with E-state index in [0.29, 0.717) is 12.8 Å². The number of halogens is 2. The maximum atomic E-state index is 12.7. The summed E-state index contributed by atoms with van der Waals surface area (Å²) >= 11 is 12.3. The van der Waals surface area contributed by atoms with Crippen LogP contribution in [0.25, 0.3) is 0 Å². The fourth-order valence-corrected chi connectivity index (χ4v) is 3.27. The second-order valence-electron chi connectivity index (χ2n) is 6.42. The number of aliphatic hydroxyl groups is 1. The highest BCUT2D eigenvalue weighted by Crippen LogP contribution is 2.42. The summed E-state index contributed by atoms with van der Waals surface area (Å²) in [7, 11) is 1.22. The van der Waals surface area contributed by atoms with Gasteiger partial charge in [-0.05, 0) is 24.5 Å². The summed E-state index contributed by atoms with van der Waals surface area (Å²) in [6, 6.07) is 9.34. The molecule has 0 heterocycles. The summed E-state index contributed by atoms with van der Waals surface area (Å²) < 4.78 is 10.2. The molecule has 0 aliphatic heterocycles. The van der Waals surface area contributed by atoms with Crippen LogP contribution in [0.5, 0.6) is 11.5 Å². The lowest BCUT2D eigenvalue weighted by Gasteiger charge is -2.18. The number of phenolic OH excluding ortho intramolecular Hbond substituents is 1. The lowest BCUT2D eigenvalue weighted by Crippen LogP contribution is -2.43. The van der Waals surface area contributed by atoms with E-state index in [0.717, 1.165) is 5.56 Å². The van der Waals surface area contributed by atoms with E-state index >= 15 is 0 Å². The molecular weight excluding hydrogens is 433 g/mol. The van der Waals surface area contributed by atoms with Crippen LogP contribution in [0.4, 0.5) is 0 Å². The van der Waals surface area contributed by atoms with E-state index in [-0.39, 0.29) is 41.0 Å². The van der Waals surface area contributed by atoms with Crippen molar-refractivity contribution in [3.63, 3.8) is 0 Å². The summed E-state index contributed by atoms with van der Waals surface area (Å²) in [5, 5.41) is 21.6. The van der Waals surface area contributed by atoms with Crippen LogP contribution >= 0.6 is 23.2 Å². The number of aliphatic hydroxyl groups excluding tert-OH is 1. The fraction of sp³-hybridized carbons (Fsp3) is 0.333. The number of carbonyl (C=O) groups excluding carboxylic acids is 2. The third kappa shape index (κ3) is 6.26. The fourth-order valence-electron chi connectivity index (χ4n) is 2.71. The van der Waals surface area contributed by atoms with Gasteiger partial charge in [0.25, 0.3) is 5.91 Å². The Morgan fingerprint density at radius 1 is 1.17 bits per heavy atom. The smallest absolute Gasteiger partial charge is 0.328 e. The first-order chi connectivity index (χ1) is 14.4. The van der Waals surface area contributed by atoms with E-state index in [1.54, 1.807) is 0 Å². The maximum Gasteiger partial charge on any atom is 0.328 e. The van der Waals surface area contributed by atoms with Crippen LogP contribution in [0.15, 0.2) is 36.4 Å². The zero-order valence-electron chi connectivity index (χ0n) is 16.4. The van der Waals surface area contributed by atoms with Crippen molar-refractivity contribution in [1.29, 1.82) is 0 Å². The zero-order chi connectivity index (χ0) is 22.1. The van der Waals surface area contributed by atoms with E-state index in [1.165, 1.54) is 13.2 Å². The second-order valence-corrected chi connectivity index (χ2v) is 7.20. The highest BCUT2D eigenvalue weighted by Gasteiger charge is 2.26. The molecule has 7 nitrogen and oxygen atoms in total. The van der Waals surface area contributed by atoms with Gasteiger partial charge in [0.15, 0.2) is 11.5 Å². The zero-order valence-corrected chi connectivity index (χ0v) is 17.9. The molecule has 30 heavy (non-hydrogen) atoms. The van der Waals surface area contributed by atoms with E-state index < -0.39 is 23.7 Å². The van der Waals surface area contributed by atoms with Crippen molar-refractivity contribution in [2.75, 3.05) is 20.3 Å². The van der Waals surface area contributed by atoms with Crippen molar-refractivity contribution in [3.05, 3.63) is 57.6 Å². The minimum Gasteiger partial charge on any atom is -0.505 e. The number of hydrogen-bond donors (Lipinski definition) is 3. The molecule has 0 bridgehead atoms. The number of benzene rings is 2. The van der Waals surface area contributed by atoms with Gasteiger partial charge in [-0.25, -0.2) is 4.79 Å². The van der Waals surface area contributed by atoms with Gasteiger partial charge in [-0.3, -0.25) is 4.79 Å². The Morgan fingerprint density at radius 2 is 1.87 bits per heavy atom. The van der Waals surface area contributed by atoms with Gasteiger partial charge >= 0.3 is 5.97 Å². The first-order valence-corrected chi connectivity index (χ1v) is 10.0. The highest BCUT2D eigenvalue weighted by atomic mass is 35.5. The van der Waals surface area contributed by atoms with Gasteiger partial charge in [-0.1, -0.05) is 53.5 Å². The molecule has 0 spiro atoms. The molecule has 1 amide bonds. The van der Waals surface area contributed by atoms with Crippen molar-refractivity contribution in [3.8, 4) is 11.5 Å². The molecule has 0 unspecified atom stereocenters. The molecule has 0 fully saturated rings. The summed E-state index contributed by atoms with van der Waals surface area (Å²) in [6.45, 7) is 0.256. The van der Waals surface area contributed by atoms with E-state index in [1.807, 2.05) is 30.3 Å². The Bertz CT molecular complexity index is 876. The second kappa shape index (κ2) is 11.6. The largest absolute Gasteiger partial charge is 0.505 e. The molecular formula is C21H23Cl2NO6. The van der Waals surface area contributed by atoms with Gasteiger partial charge in [0.05, 0.1) is 24.3 Å². The van der Waals surface area contributed by atoms with Gasteiger partial charge in [0.1, 0.15) is 11.1 Å². The molecule has 0 aliphatic rings. The van der Waals surface area contributed by atoms with Gasteiger partial charge in [0.2, 0.25) is 0 Å². The first kappa shape index (κ1) is 23.8. The van der Waals surface area contributed by atoms with E-state index in [9.17, 15) is 14.7 Å². The number of carbonyl (C=O) groups is 2. The molecule has 2 rings (SSSR count). The Kier molecular flexibility index (Phi) is 9.23. The lowest BCUT2D eigenvalue weighted by molar-refractivity contribution is -0.142. The van der Waals surface area contributed by atoms with Crippen LogP contribution in [-0.2, 0) is 16.0 Å². The molecule has 1 atom stereocenters. The molecule has 0 aliphatic carbocycles. The van der Waals surface area contributed by atoms with Crippen LogP contribution in [0.1, 0.15) is 28.8 Å². The van der Waals surface area contributed by atoms with Crippen molar-refractivity contribution >= 4 is 35.1 Å². The number of methoxy groups -OCH3 is 1. The number of amides is 1.